The minimum Gasteiger partial charge on any atom is -0.466 e. The van der Waals surface area contributed by atoms with Gasteiger partial charge in [0.05, 0.1) is 19.1 Å². The standard InChI is InChI=1S/C18H20N2O6/c1-2-24-16(21)8-3-9-19-17(22)14(12-13-6-4-10-25-13)20-18(23)15-7-5-11-26-15/h4-7,10-12H,2-3,8-9H2,1H3,(H,19,22)(H,20,23)/b14-12-. The summed E-state index contributed by atoms with van der Waals surface area (Å²) in [5.41, 5.74) is -0.00233. The van der Waals surface area contributed by atoms with Crippen LogP contribution in [0.2, 0.25) is 0 Å². The summed E-state index contributed by atoms with van der Waals surface area (Å²) in [6, 6.07) is 6.36. The highest BCUT2D eigenvalue weighted by atomic mass is 16.5. The molecule has 2 amide bonds. The van der Waals surface area contributed by atoms with Gasteiger partial charge in [0.15, 0.2) is 5.76 Å². The number of carbonyl (C=O) groups excluding carboxylic acids is 3. The van der Waals surface area contributed by atoms with Gasteiger partial charge in [-0.15, -0.1) is 0 Å². The first-order chi connectivity index (χ1) is 12.6. The molecule has 26 heavy (non-hydrogen) atoms. The fourth-order valence-electron chi connectivity index (χ4n) is 2.03. The first-order valence-corrected chi connectivity index (χ1v) is 8.14. The molecule has 0 saturated carbocycles. The molecule has 2 aromatic rings. The molecular weight excluding hydrogens is 340 g/mol. The third-order valence-electron chi connectivity index (χ3n) is 3.22. The van der Waals surface area contributed by atoms with Crippen molar-refractivity contribution in [1.82, 2.24) is 10.6 Å². The van der Waals surface area contributed by atoms with Gasteiger partial charge in [-0.3, -0.25) is 14.4 Å². The van der Waals surface area contributed by atoms with Crippen LogP contribution in [0.1, 0.15) is 36.1 Å². The maximum Gasteiger partial charge on any atom is 0.305 e. The molecule has 8 nitrogen and oxygen atoms in total. The van der Waals surface area contributed by atoms with Crippen LogP contribution in [0.25, 0.3) is 6.08 Å². The minimum absolute atomic E-state index is 0.00233. The summed E-state index contributed by atoms with van der Waals surface area (Å²) in [6.45, 7) is 2.30. The summed E-state index contributed by atoms with van der Waals surface area (Å²) in [5.74, 6) is -0.911. The maximum absolute atomic E-state index is 12.4. The SMILES string of the molecule is CCOC(=O)CCCNC(=O)/C(=C/c1ccco1)NC(=O)c1ccco1. The van der Waals surface area contributed by atoms with Crippen LogP contribution in [0.5, 0.6) is 0 Å². The van der Waals surface area contributed by atoms with E-state index in [0.717, 1.165) is 0 Å². The lowest BCUT2D eigenvalue weighted by atomic mass is 10.2. The molecule has 0 aromatic carbocycles. The Morgan fingerprint density at radius 3 is 2.58 bits per heavy atom. The van der Waals surface area contributed by atoms with Crippen LogP contribution in [0.15, 0.2) is 51.3 Å². The number of carbonyl (C=O) groups is 3. The van der Waals surface area contributed by atoms with Gasteiger partial charge < -0.3 is 24.2 Å². The second kappa shape index (κ2) is 9.87. The number of rotatable bonds is 9. The van der Waals surface area contributed by atoms with Crippen LogP contribution in [-0.4, -0.2) is 30.9 Å². The molecule has 138 valence electrons. The van der Waals surface area contributed by atoms with Crippen molar-refractivity contribution in [3.63, 3.8) is 0 Å². The summed E-state index contributed by atoms with van der Waals surface area (Å²) < 4.78 is 15.0. The Bertz CT molecular complexity index is 747. The molecule has 0 atom stereocenters. The van der Waals surface area contributed by atoms with E-state index in [9.17, 15) is 14.4 Å². The quantitative estimate of drug-likeness (QED) is 0.402. The molecule has 2 rings (SSSR count). The Kier molecular flexibility index (Phi) is 7.23. The number of hydrogen-bond acceptors (Lipinski definition) is 6. The summed E-state index contributed by atoms with van der Waals surface area (Å²) in [7, 11) is 0. The molecule has 0 aliphatic heterocycles. The third kappa shape index (κ3) is 5.97. The fraction of sp³-hybridized carbons (Fsp3) is 0.278. The molecular formula is C18H20N2O6. The van der Waals surface area contributed by atoms with Crippen molar-refractivity contribution in [3.8, 4) is 0 Å². The second-order valence-electron chi connectivity index (χ2n) is 5.17. The van der Waals surface area contributed by atoms with E-state index in [2.05, 4.69) is 10.6 Å². The highest BCUT2D eigenvalue weighted by Gasteiger charge is 2.16. The zero-order valence-corrected chi connectivity index (χ0v) is 14.3. The monoisotopic (exact) mass is 360 g/mol. The smallest absolute Gasteiger partial charge is 0.305 e. The van der Waals surface area contributed by atoms with E-state index in [1.165, 1.54) is 24.7 Å². The normalized spacial score (nSPS) is 11.0. The second-order valence-corrected chi connectivity index (χ2v) is 5.17. The number of amides is 2. The Balaban J connectivity index is 1.96. The van der Waals surface area contributed by atoms with E-state index in [1.54, 1.807) is 25.1 Å². The first kappa shape index (κ1) is 19.0. The van der Waals surface area contributed by atoms with Crippen molar-refractivity contribution in [2.45, 2.75) is 19.8 Å². The Labute approximate surface area is 150 Å². The molecule has 0 spiro atoms. The lowest BCUT2D eigenvalue weighted by Crippen LogP contribution is -2.35. The summed E-state index contributed by atoms with van der Waals surface area (Å²) in [4.78, 5) is 35.8. The van der Waals surface area contributed by atoms with Gasteiger partial charge in [0.25, 0.3) is 11.8 Å². The van der Waals surface area contributed by atoms with E-state index < -0.39 is 11.8 Å². The van der Waals surface area contributed by atoms with Crippen molar-refractivity contribution in [1.29, 1.82) is 0 Å². The summed E-state index contributed by atoms with van der Waals surface area (Å²) >= 11 is 0. The lowest BCUT2D eigenvalue weighted by molar-refractivity contribution is -0.143. The molecule has 0 saturated heterocycles. The zero-order chi connectivity index (χ0) is 18.8. The van der Waals surface area contributed by atoms with Crippen molar-refractivity contribution in [2.24, 2.45) is 0 Å². The van der Waals surface area contributed by atoms with Gasteiger partial charge in [-0.2, -0.15) is 0 Å². The largest absolute Gasteiger partial charge is 0.466 e. The Hall–Kier alpha value is -3.29. The van der Waals surface area contributed by atoms with E-state index in [1.807, 2.05) is 0 Å². The van der Waals surface area contributed by atoms with E-state index in [0.29, 0.717) is 18.8 Å². The van der Waals surface area contributed by atoms with Crippen molar-refractivity contribution >= 4 is 23.9 Å². The maximum atomic E-state index is 12.4. The van der Waals surface area contributed by atoms with E-state index in [-0.39, 0.29) is 30.4 Å². The first-order valence-electron chi connectivity index (χ1n) is 8.14. The van der Waals surface area contributed by atoms with Gasteiger partial charge in [-0.1, -0.05) is 0 Å². The van der Waals surface area contributed by atoms with Crippen LogP contribution in [-0.2, 0) is 14.3 Å². The zero-order valence-electron chi connectivity index (χ0n) is 14.3. The number of nitrogens with one attached hydrogen (secondary N) is 2. The number of esters is 1. The predicted molar refractivity (Wildman–Crippen MR) is 91.7 cm³/mol. The summed E-state index contributed by atoms with van der Waals surface area (Å²) in [5, 5.41) is 5.13. The van der Waals surface area contributed by atoms with Gasteiger partial charge in [0.2, 0.25) is 0 Å². The van der Waals surface area contributed by atoms with Gasteiger partial charge in [0, 0.05) is 19.0 Å². The molecule has 0 fully saturated rings. The Morgan fingerprint density at radius 2 is 1.92 bits per heavy atom. The summed E-state index contributed by atoms with van der Waals surface area (Å²) in [6.07, 6.45) is 4.84. The Morgan fingerprint density at radius 1 is 1.15 bits per heavy atom. The van der Waals surface area contributed by atoms with Crippen molar-refractivity contribution < 1.29 is 28.0 Å². The predicted octanol–water partition coefficient (Wildman–Crippen LogP) is 2.10. The third-order valence-corrected chi connectivity index (χ3v) is 3.22. The molecule has 0 aliphatic carbocycles. The van der Waals surface area contributed by atoms with Gasteiger partial charge >= 0.3 is 5.97 Å². The van der Waals surface area contributed by atoms with Crippen LogP contribution in [0.4, 0.5) is 0 Å². The van der Waals surface area contributed by atoms with E-state index in [4.69, 9.17) is 13.6 Å². The van der Waals surface area contributed by atoms with Crippen LogP contribution in [0.3, 0.4) is 0 Å². The molecule has 0 bridgehead atoms. The number of furan rings is 2. The molecule has 0 unspecified atom stereocenters. The van der Waals surface area contributed by atoms with Crippen LogP contribution >= 0.6 is 0 Å². The minimum atomic E-state index is -0.561. The topological polar surface area (TPSA) is 111 Å². The average Bonchev–Trinajstić information content (AvgIpc) is 3.31. The number of ether oxygens (including phenoxy) is 1. The highest BCUT2D eigenvalue weighted by Crippen LogP contribution is 2.08. The van der Waals surface area contributed by atoms with E-state index >= 15 is 0 Å². The molecule has 0 aliphatic rings. The van der Waals surface area contributed by atoms with Crippen LogP contribution in [0, 0.1) is 0 Å². The van der Waals surface area contributed by atoms with Gasteiger partial charge in [-0.25, -0.2) is 0 Å². The molecule has 2 heterocycles. The molecule has 2 aromatic heterocycles. The average molecular weight is 360 g/mol. The number of hydrogen-bond donors (Lipinski definition) is 2. The van der Waals surface area contributed by atoms with Gasteiger partial charge in [0.1, 0.15) is 11.5 Å². The highest BCUT2D eigenvalue weighted by molar-refractivity contribution is 6.04. The molecule has 0 radical (unpaired) electrons. The fourth-order valence-corrected chi connectivity index (χ4v) is 2.03. The van der Waals surface area contributed by atoms with Crippen molar-refractivity contribution in [2.75, 3.05) is 13.2 Å². The van der Waals surface area contributed by atoms with Gasteiger partial charge in [-0.05, 0) is 37.6 Å². The lowest BCUT2D eigenvalue weighted by Gasteiger charge is -2.09. The molecule has 8 heteroatoms. The van der Waals surface area contributed by atoms with Crippen LogP contribution < -0.4 is 10.6 Å². The van der Waals surface area contributed by atoms with Crippen molar-refractivity contribution in [3.05, 3.63) is 54.0 Å². The molecule has 2 N–H and O–H groups in total.